The predicted octanol–water partition coefficient (Wildman–Crippen LogP) is 2.67. The summed E-state index contributed by atoms with van der Waals surface area (Å²) in [6.07, 6.45) is 3.45. The summed E-state index contributed by atoms with van der Waals surface area (Å²) in [6, 6.07) is 11.2. The van der Waals surface area contributed by atoms with Gasteiger partial charge < -0.3 is 5.32 Å². The molecule has 1 aliphatic heterocycles. The minimum atomic E-state index is 0.518. The van der Waals surface area contributed by atoms with Crippen LogP contribution in [0.25, 0.3) is 0 Å². The first-order valence-electron chi connectivity index (χ1n) is 4.80. The summed E-state index contributed by atoms with van der Waals surface area (Å²) in [7, 11) is 0. The van der Waals surface area contributed by atoms with E-state index in [1.807, 2.05) is 0 Å². The van der Waals surface area contributed by atoms with E-state index in [2.05, 4.69) is 48.6 Å². The topological polar surface area (TPSA) is 12.0 Å². The zero-order valence-corrected chi connectivity index (χ0v) is 7.96. The van der Waals surface area contributed by atoms with Gasteiger partial charge in [-0.1, -0.05) is 42.0 Å². The standard InChI is InChI=1S/C12H15N/c1-10-7-8-12(13-9-10)11-5-3-2-4-6-11/h2-7,12-13H,8-9H2,1H3. The SMILES string of the molecule is CC1=CCC(c2ccccc2)NC1. The number of hydrogen-bond donors (Lipinski definition) is 1. The maximum atomic E-state index is 3.52. The van der Waals surface area contributed by atoms with Gasteiger partial charge in [0, 0.05) is 12.6 Å². The van der Waals surface area contributed by atoms with Gasteiger partial charge in [-0.3, -0.25) is 0 Å². The highest BCUT2D eigenvalue weighted by atomic mass is 14.9. The smallest absolute Gasteiger partial charge is 0.0357 e. The summed E-state index contributed by atoms with van der Waals surface area (Å²) in [5.41, 5.74) is 2.85. The van der Waals surface area contributed by atoms with Crippen LogP contribution in [0.1, 0.15) is 24.9 Å². The maximum absolute atomic E-state index is 3.52. The van der Waals surface area contributed by atoms with E-state index >= 15 is 0 Å². The maximum Gasteiger partial charge on any atom is 0.0357 e. The molecule has 1 heterocycles. The second kappa shape index (κ2) is 3.75. The molecule has 0 fully saturated rings. The molecule has 1 aromatic rings. The van der Waals surface area contributed by atoms with Crippen LogP contribution in [0.3, 0.4) is 0 Å². The highest BCUT2D eigenvalue weighted by Gasteiger charge is 2.12. The van der Waals surface area contributed by atoms with Crippen molar-refractivity contribution >= 4 is 0 Å². The minimum Gasteiger partial charge on any atom is -0.306 e. The minimum absolute atomic E-state index is 0.518. The molecule has 0 saturated heterocycles. The number of benzene rings is 1. The van der Waals surface area contributed by atoms with E-state index in [4.69, 9.17) is 0 Å². The summed E-state index contributed by atoms with van der Waals surface area (Å²) < 4.78 is 0. The fourth-order valence-electron chi connectivity index (χ4n) is 1.70. The first-order valence-corrected chi connectivity index (χ1v) is 4.80. The van der Waals surface area contributed by atoms with Crippen molar-refractivity contribution in [1.29, 1.82) is 0 Å². The third-order valence-electron chi connectivity index (χ3n) is 2.53. The van der Waals surface area contributed by atoms with Crippen LogP contribution in [0, 0.1) is 0 Å². The molecule has 1 aromatic carbocycles. The Balaban J connectivity index is 2.12. The molecule has 0 bridgehead atoms. The molecule has 0 radical (unpaired) electrons. The fraction of sp³-hybridized carbons (Fsp3) is 0.333. The van der Waals surface area contributed by atoms with Gasteiger partial charge in [-0.15, -0.1) is 0 Å². The Hall–Kier alpha value is -1.08. The Kier molecular flexibility index (Phi) is 2.46. The Labute approximate surface area is 79.5 Å². The van der Waals surface area contributed by atoms with Gasteiger partial charge in [0.1, 0.15) is 0 Å². The van der Waals surface area contributed by atoms with Crippen LogP contribution in [-0.2, 0) is 0 Å². The molecule has 1 unspecified atom stereocenters. The van der Waals surface area contributed by atoms with E-state index in [-0.39, 0.29) is 0 Å². The molecule has 1 heteroatoms. The van der Waals surface area contributed by atoms with Crippen LogP contribution >= 0.6 is 0 Å². The van der Waals surface area contributed by atoms with Gasteiger partial charge in [-0.2, -0.15) is 0 Å². The van der Waals surface area contributed by atoms with Crippen molar-refractivity contribution in [3.63, 3.8) is 0 Å². The first-order chi connectivity index (χ1) is 6.36. The molecule has 0 aliphatic carbocycles. The van der Waals surface area contributed by atoms with Crippen molar-refractivity contribution in [2.75, 3.05) is 6.54 Å². The fourth-order valence-corrected chi connectivity index (χ4v) is 1.70. The Morgan fingerprint density at radius 3 is 2.62 bits per heavy atom. The van der Waals surface area contributed by atoms with Crippen LogP contribution in [-0.4, -0.2) is 6.54 Å². The summed E-state index contributed by atoms with van der Waals surface area (Å²) in [5, 5.41) is 3.52. The molecule has 1 N–H and O–H groups in total. The second-order valence-electron chi connectivity index (χ2n) is 3.63. The Bertz CT molecular complexity index is 300. The zero-order chi connectivity index (χ0) is 9.10. The molecule has 0 spiro atoms. The van der Waals surface area contributed by atoms with Crippen molar-refractivity contribution in [1.82, 2.24) is 5.32 Å². The Morgan fingerprint density at radius 2 is 2.00 bits per heavy atom. The van der Waals surface area contributed by atoms with Crippen molar-refractivity contribution in [2.24, 2.45) is 0 Å². The molecular weight excluding hydrogens is 158 g/mol. The lowest BCUT2D eigenvalue weighted by Crippen LogP contribution is -2.26. The quantitative estimate of drug-likeness (QED) is 0.644. The lowest BCUT2D eigenvalue weighted by molar-refractivity contribution is 0.541. The molecule has 1 nitrogen and oxygen atoms in total. The van der Waals surface area contributed by atoms with E-state index in [0.717, 1.165) is 13.0 Å². The van der Waals surface area contributed by atoms with Crippen LogP contribution < -0.4 is 5.32 Å². The third kappa shape index (κ3) is 1.99. The Morgan fingerprint density at radius 1 is 1.23 bits per heavy atom. The van der Waals surface area contributed by atoms with Gasteiger partial charge in [0.25, 0.3) is 0 Å². The van der Waals surface area contributed by atoms with Crippen LogP contribution in [0.15, 0.2) is 42.0 Å². The summed E-state index contributed by atoms with van der Waals surface area (Å²) in [6.45, 7) is 3.20. The van der Waals surface area contributed by atoms with Gasteiger partial charge in [-0.25, -0.2) is 0 Å². The van der Waals surface area contributed by atoms with Gasteiger partial charge in [0.15, 0.2) is 0 Å². The normalized spacial score (nSPS) is 22.5. The molecule has 2 rings (SSSR count). The number of nitrogens with one attached hydrogen (secondary N) is 1. The monoisotopic (exact) mass is 173 g/mol. The van der Waals surface area contributed by atoms with E-state index in [1.165, 1.54) is 11.1 Å². The molecule has 1 aliphatic rings. The molecule has 68 valence electrons. The lowest BCUT2D eigenvalue weighted by atomic mass is 9.99. The summed E-state index contributed by atoms with van der Waals surface area (Å²) in [4.78, 5) is 0. The van der Waals surface area contributed by atoms with Crippen LogP contribution in [0.2, 0.25) is 0 Å². The summed E-state index contributed by atoms with van der Waals surface area (Å²) in [5.74, 6) is 0. The van der Waals surface area contributed by atoms with Gasteiger partial charge in [-0.05, 0) is 18.9 Å². The average Bonchev–Trinajstić information content (AvgIpc) is 2.20. The lowest BCUT2D eigenvalue weighted by Gasteiger charge is -2.22. The molecule has 13 heavy (non-hydrogen) atoms. The van der Waals surface area contributed by atoms with Gasteiger partial charge in [0.2, 0.25) is 0 Å². The highest BCUT2D eigenvalue weighted by molar-refractivity contribution is 5.22. The van der Waals surface area contributed by atoms with Crippen molar-refractivity contribution in [3.05, 3.63) is 47.5 Å². The van der Waals surface area contributed by atoms with Crippen LogP contribution in [0.5, 0.6) is 0 Å². The number of hydrogen-bond acceptors (Lipinski definition) is 1. The number of rotatable bonds is 1. The molecule has 0 amide bonds. The van der Waals surface area contributed by atoms with Crippen molar-refractivity contribution < 1.29 is 0 Å². The summed E-state index contributed by atoms with van der Waals surface area (Å²) >= 11 is 0. The van der Waals surface area contributed by atoms with Crippen molar-refractivity contribution in [2.45, 2.75) is 19.4 Å². The predicted molar refractivity (Wildman–Crippen MR) is 55.6 cm³/mol. The average molecular weight is 173 g/mol. The zero-order valence-electron chi connectivity index (χ0n) is 7.96. The highest BCUT2D eigenvalue weighted by Crippen LogP contribution is 2.20. The van der Waals surface area contributed by atoms with E-state index in [9.17, 15) is 0 Å². The third-order valence-corrected chi connectivity index (χ3v) is 2.53. The molecular formula is C12H15N. The molecule has 0 aromatic heterocycles. The largest absolute Gasteiger partial charge is 0.306 e. The van der Waals surface area contributed by atoms with E-state index in [1.54, 1.807) is 0 Å². The molecule has 0 saturated carbocycles. The van der Waals surface area contributed by atoms with Crippen molar-refractivity contribution in [3.8, 4) is 0 Å². The first kappa shape index (κ1) is 8.52. The van der Waals surface area contributed by atoms with Crippen LogP contribution in [0.4, 0.5) is 0 Å². The molecule has 1 atom stereocenters. The van der Waals surface area contributed by atoms with E-state index < -0.39 is 0 Å². The van der Waals surface area contributed by atoms with Gasteiger partial charge in [0.05, 0.1) is 0 Å². The van der Waals surface area contributed by atoms with E-state index in [0.29, 0.717) is 6.04 Å². The van der Waals surface area contributed by atoms with Gasteiger partial charge >= 0.3 is 0 Å². The second-order valence-corrected chi connectivity index (χ2v) is 3.63.